The summed E-state index contributed by atoms with van der Waals surface area (Å²) in [6.45, 7) is 7.18. The summed E-state index contributed by atoms with van der Waals surface area (Å²) in [5, 5.41) is 13.7. The zero-order chi connectivity index (χ0) is 12.0. The van der Waals surface area contributed by atoms with Crippen molar-refractivity contribution < 1.29 is 5.11 Å². The van der Waals surface area contributed by atoms with E-state index < -0.39 is 5.60 Å². The highest BCUT2D eigenvalue weighted by Gasteiger charge is 2.22. The van der Waals surface area contributed by atoms with E-state index in [9.17, 15) is 5.11 Å². The van der Waals surface area contributed by atoms with Crippen LogP contribution in [0.15, 0.2) is 0 Å². The van der Waals surface area contributed by atoms with Gasteiger partial charge in [-0.05, 0) is 38.5 Å². The van der Waals surface area contributed by atoms with Gasteiger partial charge in [-0.2, -0.15) is 0 Å². The minimum Gasteiger partial charge on any atom is -0.389 e. The monoisotopic (exact) mass is 227 g/mol. The second-order valence-electron chi connectivity index (χ2n) is 5.94. The fourth-order valence-corrected chi connectivity index (χ4v) is 2.68. The largest absolute Gasteiger partial charge is 0.389 e. The van der Waals surface area contributed by atoms with Crippen LogP contribution in [0.3, 0.4) is 0 Å². The maximum atomic E-state index is 10.1. The fourth-order valence-electron chi connectivity index (χ4n) is 2.68. The molecular formula is C14H29NO. The maximum Gasteiger partial charge on any atom is 0.0743 e. The molecule has 0 spiro atoms. The molecule has 2 heteroatoms. The summed E-state index contributed by atoms with van der Waals surface area (Å²) in [6.07, 6.45) is 8.57. The molecule has 0 saturated heterocycles. The summed E-state index contributed by atoms with van der Waals surface area (Å²) in [6, 6.07) is 0.633. The van der Waals surface area contributed by atoms with Crippen LogP contribution in [-0.4, -0.2) is 23.3 Å². The van der Waals surface area contributed by atoms with Crippen molar-refractivity contribution in [1.82, 2.24) is 5.32 Å². The van der Waals surface area contributed by atoms with Crippen molar-refractivity contribution in [2.75, 3.05) is 6.54 Å². The first-order valence-electron chi connectivity index (χ1n) is 6.99. The van der Waals surface area contributed by atoms with Gasteiger partial charge in [0, 0.05) is 12.6 Å². The van der Waals surface area contributed by atoms with Crippen LogP contribution in [0, 0.1) is 5.92 Å². The number of hydrogen-bond donors (Lipinski definition) is 2. The molecule has 0 aromatic rings. The van der Waals surface area contributed by atoms with Crippen LogP contribution < -0.4 is 5.32 Å². The fraction of sp³-hybridized carbons (Fsp3) is 1.00. The zero-order valence-electron chi connectivity index (χ0n) is 11.3. The Morgan fingerprint density at radius 2 is 2.00 bits per heavy atom. The minimum absolute atomic E-state index is 0.521. The molecule has 1 saturated carbocycles. The van der Waals surface area contributed by atoms with E-state index in [1.807, 2.05) is 6.92 Å². The van der Waals surface area contributed by atoms with E-state index in [0.29, 0.717) is 6.04 Å². The van der Waals surface area contributed by atoms with Crippen molar-refractivity contribution in [2.24, 2.45) is 5.92 Å². The summed E-state index contributed by atoms with van der Waals surface area (Å²) < 4.78 is 0. The summed E-state index contributed by atoms with van der Waals surface area (Å²) >= 11 is 0. The quantitative estimate of drug-likeness (QED) is 0.707. The molecule has 0 aliphatic heterocycles. The standard InChI is InChI=1S/C14H29NO/c1-4-10-14(3,16)11-15-13-7-5-6-12(2)8-9-13/h12-13,15-16H,4-11H2,1-3H3. The maximum absolute atomic E-state index is 10.1. The summed E-state index contributed by atoms with van der Waals surface area (Å²) in [5.41, 5.74) is -0.521. The van der Waals surface area contributed by atoms with Crippen molar-refractivity contribution in [2.45, 2.75) is 77.4 Å². The van der Waals surface area contributed by atoms with Gasteiger partial charge in [-0.1, -0.05) is 33.1 Å². The van der Waals surface area contributed by atoms with Crippen LogP contribution in [0.2, 0.25) is 0 Å². The predicted octanol–water partition coefficient (Wildman–Crippen LogP) is 3.10. The van der Waals surface area contributed by atoms with Gasteiger partial charge in [0.2, 0.25) is 0 Å². The molecule has 0 bridgehead atoms. The Kier molecular flexibility index (Phi) is 5.77. The highest BCUT2D eigenvalue weighted by atomic mass is 16.3. The molecular weight excluding hydrogens is 198 g/mol. The molecule has 16 heavy (non-hydrogen) atoms. The third kappa shape index (κ3) is 5.31. The first-order chi connectivity index (χ1) is 7.53. The lowest BCUT2D eigenvalue weighted by Crippen LogP contribution is -2.42. The number of hydrogen-bond acceptors (Lipinski definition) is 2. The highest BCUT2D eigenvalue weighted by Crippen LogP contribution is 2.23. The van der Waals surface area contributed by atoms with E-state index >= 15 is 0 Å². The second-order valence-corrected chi connectivity index (χ2v) is 5.94. The Morgan fingerprint density at radius 1 is 1.25 bits per heavy atom. The molecule has 1 rings (SSSR count). The molecule has 1 aliphatic rings. The molecule has 1 fully saturated rings. The molecule has 96 valence electrons. The van der Waals surface area contributed by atoms with Gasteiger partial charge in [-0.15, -0.1) is 0 Å². The Hall–Kier alpha value is -0.0800. The summed E-state index contributed by atoms with van der Waals surface area (Å²) in [5.74, 6) is 0.892. The lowest BCUT2D eigenvalue weighted by molar-refractivity contribution is 0.0466. The van der Waals surface area contributed by atoms with E-state index in [0.717, 1.165) is 25.3 Å². The van der Waals surface area contributed by atoms with Crippen molar-refractivity contribution in [3.8, 4) is 0 Å². The van der Waals surface area contributed by atoms with Crippen LogP contribution in [0.5, 0.6) is 0 Å². The zero-order valence-corrected chi connectivity index (χ0v) is 11.3. The number of aliphatic hydroxyl groups is 1. The van der Waals surface area contributed by atoms with Gasteiger partial charge >= 0.3 is 0 Å². The topological polar surface area (TPSA) is 32.3 Å². The Bertz CT molecular complexity index is 191. The van der Waals surface area contributed by atoms with E-state index in [2.05, 4.69) is 19.2 Å². The van der Waals surface area contributed by atoms with Gasteiger partial charge in [0.25, 0.3) is 0 Å². The lowest BCUT2D eigenvalue weighted by Gasteiger charge is -2.26. The van der Waals surface area contributed by atoms with Crippen molar-refractivity contribution >= 4 is 0 Å². The predicted molar refractivity (Wildman–Crippen MR) is 69.6 cm³/mol. The minimum atomic E-state index is -0.521. The third-order valence-corrected chi connectivity index (χ3v) is 3.82. The molecule has 1 aliphatic carbocycles. The Morgan fingerprint density at radius 3 is 2.69 bits per heavy atom. The normalized spacial score (nSPS) is 30.8. The first kappa shape index (κ1) is 14.0. The summed E-state index contributed by atoms with van der Waals surface area (Å²) in [4.78, 5) is 0. The van der Waals surface area contributed by atoms with Gasteiger partial charge in [0.15, 0.2) is 0 Å². The van der Waals surface area contributed by atoms with E-state index in [-0.39, 0.29) is 0 Å². The highest BCUT2D eigenvalue weighted by molar-refractivity contribution is 4.80. The van der Waals surface area contributed by atoms with Gasteiger partial charge in [0.1, 0.15) is 0 Å². The Labute approximate surface area is 101 Å². The van der Waals surface area contributed by atoms with Crippen molar-refractivity contribution in [3.63, 3.8) is 0 Å². The molecule has 0 radical (unpaired) electrons. The van der Waals surface area contributed by atoms with Crippen LogP contribution >= 0.6 is 0 Å². The van der Waals surface area contributed by atoms with Crippen LogP contribution in [0.25, 0.3) is 0 Å². The van der Waals surface area contributed by atoms with E-state index in [1.165, 1.54) is 32.1 Å². The van der Waals surface area contributed by atoms with Crippen LogP contribution in [-0.2, 0) is 0 Å². The SMILES string of the molecule is CCCC(C)(O)CNC1CCCC(C)CC1. The third-order valence-electron chi connectivity index (χ3n) is 3.82. The first-order valence-corrected chi connectivity index (χ1v) is 6.99. The second kappa shape index (κ2) is 6.61. The van der Waals surface area contributed by atoms with E-state index in [1.54, 1.807) is 0 Å². The molecule has 3 atom stereocenters. The van der Waals surface area contributed by atoms with Gasteiger partial charge in [-0.3, -0.25) is 0 Å². The van der Waals surface area contributed by atoms with Crippen molar-refractivity contribution in [1.29, 1.82) is 0 Å². The van der Waals surface area contributed by atoms with Crippen molar-refractivity contribution in [3.05, 3.63) is 0 Å². The van der Waals surface area contributed by atoms with E-state index in [4.69, 9.17) is 0 Å². The van der Waals surface area contributed by atoms with Gasteiger partial charge in [0.05, 0.1) is 5.60 Å². The molecule has 2 nitrogen and oxygen atoms in total. The summed E-state index contributed by atoms with van der Waals surface area (Å²) in [7, 11) is 0. The lowest BCUT2D eigenvalue weighted by atomic mass is 9.99. The Balaban J connectivity index is 2.26. The molecule has 0 heterocycles. The molecule has 0 amide bonds. The van der Waals surface area contributed by atoms with Crippen LogP contribution in [0.4, 0.5) is 0 Å². The van der Waals surface area contributed by atoms with Gasteiger partial charge < -0.3 is 10.4 Å². The smallest absolute Gasteiger partial charge is 0.0743 e. The van der Waals surface area contributed by atoms with Crippen LogP contribution in [0.1, 0.15) is 65.7 Å². The average Bonchev–Trinajstić information content (AvgIpc) is 2.40. The average molecular weight is 227 g/mol. The molecule has 0 aromatic heterocycles. The van der Waals surface area contributed by atoms with Gasteiger partial charge in [-0.25, -0.2) is 0 Å². The molecule has 2 N–H and O–H groups in total. The molecule has 0 aromatic carbocycles. The number of nitrogens with one attached hydrogen (secondary N) is 1. The number of rotatable bonds is 5. The molecule has 3 unspecified atom stereocenters.